The second-order valence-corrected chi connectivity index (χ2v) is 3.30. The molecule has 15 heavy (non-hydrogen) atoms. The molecule has 0 fully saturated rings. The van der Waals surface area contributed by atoms with E-state index in [1.807, 2.05) is 0 Å². The largest absolute Gasteiger partial charge is 0.481 e. The van der Waals surface area contributed by atoms with Crippen LogP contribution in [-0.2, 0) is 16.6 Å². The summed E-state index contributed by atoms with van der Waals surface area (Å²) >= 11 is 0. The van der Waals surface area contributed by atoms with E-state index in [2.05, 4.69) is 10.4 Å². The number of carbonyl (C=O) groups excluding carboxylic acids is 1. The highest BCUT2D eigenvalue weighted by Gasteiger charge is 2.17. The van der Waals surface area contributed by atoms with Gasteiger partial charge < -0.3 is 10.4 Å². The fourth-order valence-electron chi connectivity index (χ4n) is 1.29. The summed E-state index contributed by atoms with van der Waals surface area (Å²) in [7, 11) is 1.73. The maximum absolute atomic E-state index is 10.9. The van der Waals surface area contributed by atoms with E-state index in [0.29, 0.717) is 5.56 Å². The van der Waals surface area contributed by atoms with Crippen LogP contribution in [-0.4, -0.2) is 26.8 Å². The van der Waals surface area contributed by atoms with Gasteiger partial charge in [-0.2, -0.15) is 5.10 Å². The Bertz CT molecular complexity index is 356. The molecule has 0 saturated heterocycles. The quantitative estimate of drug-likeness (QED) is 0.738. The number of nitrogens with one attached hydrogen (secondary N) is 1. The number of aromatic nitrogens is 2. The van der Waals surface area contributed by atoms with Gasteiger partial charge in [-0.1, -0.05) is 0 Å². The first-order chi connectivity index (χ1) is 6.99. The van der Waals surface area contributed by atoms with Gasteiger partial charge in [0.15, 0.2) is 0 Å². The summed E-state index contributed by atoms with van der Waals surface area (Å²) in [6.45, 7) is 1.35. The van der Waals surface area contributed by atoms with Crippen LogP contribution < -0.4 is 5.32 Å². The van der Waals surface area contributed by atoms with E-state index in [1.54, 1.807) is 24.1 Å². The molecule has 0 unspecified atom stereocenters. The Morgan fingerprint density at radius 1 is 1.67 bits per heavy atom. The van der Waals surface area contributed by atoms with Crippen molar-refractivity contribution in [1.29, 1.82) is 0 Å². The van der Waals surface area contributed by atoms with E-state index in [1.165, 1.54) is 6.92 Å². The van der Waals surface area contributed by atoms with Crippen LogP contribution in [0.25, 0.3) is 0 Å². The van der Waals surface area contributed by atoms with Crippen LogP contribution in [0.1, 0.15) is 24.9 Å². The van der Waals surface area contributed by atoms with Gasteiger partial charge in [0, 0.05) is 25.7 Å². The predicted molar refractivity (Wildman–Crippen MR) is 52.0 cm³/mol. The van der Waals surface area contributed by atoms with Gasteiger partial charge in [-0.05, 0) is 0 Å². The summed E-state index contributed by atoms with van der Waals surface area (Å²) in [5, 5.41) is 15.2. The zero-order valence-electron chi connectivity index (χ0n) is 8.60. The van der Waals surface area contributed by atoms with Crippen molar-refractivity contribution in [3.63, 3.8) is 0 Å². The number of nitrogens with zero attached hydrogens (tertiary/aromatic N) is 2. The number of carboxylic acids is 1. The molecule has 0 aromatic carbocycles. The van der Waals surface area contributed by atoms with Crippen molar-refractivity contribution in [2.45, 2.75) is 19.4 Å². The zero-order valence-corrected chi connectivity index (χ0v) is 8.60. The molecule has 0 bridgehead atoms. The van der Waals surface area contributed by atoms with E-state index in [-0.39, 0.29) is 12.3 Å². The lowest BCUT2D eigenvalue weighted by atomic mass is 10.1. The molecule has 0 aliphatic heterocycles. The number of carbonyl (C=O) groups is 2. The first-order valence-corrected chi connectivity index (χ1v) is 4.46. The Morgan fingerprint density at radius 3 is 2.73 bits per heavy atom. The van der Waals surface area contributed by atoms with Crippen LogP contribution in [0.5, 0.6) is 0 Å². The molecule has 0 aliphatic rings. The summed E-state index contributed by atoms with van der Waals surface area (Å²) in [6, 6.07) is -0.520. The molecule has 1 heterocycles. The maximum Gasteiger partial charge on any atom is 0.305 e. The first kappa shape index (κ1) is 11.2. The number of amides is 1. The zero-order chi connectivity index (χ0) is 11.4. The monoisotopic (exact) mass is 211 g/mol. The number of hydrogen-bond donors (Lipinski definition) is 2. The SMILES string of the molecule is CC(=O)N[C@H](CC(=O)O)c1cnn(C)c1. The summed E-state index contributed by atoms with van der Waals surface area (Å²) < 4.78 is 1.56. The van der Waals surface area contributed by atoms with Gasteiger partial charge in [0.1, 0.15) is 0 Å². The van der Waals surface area contributed by atoms with Crippen LogP contribution in [0.2, 0.25) is 0 Å². The van der Waals surface area contributed by atoms with Gasteiger partial charge in [-0.25, -0.2) is 0 Å². The summed E-state index contributed by atoms with van der Waals surface area (Å²) in [5.74, 6) is -1.22. The smallest absolute Gasteiger partial charge is 0.305 e. The maximum atomic E-state index is 10.9. The lowest BCUT2D eigenvalue weighted by Crippen LogP contribution is -2.27. The van der Waals surface area contributed by atoms with Crippen LogP contribution in [0.4, 0.5) is 0 Å². The van der Waals surface area contributed by atoms with E-state index in [0.717, 1.165) is 0 Å². The Morgan fingerprint density at radius 2 is 2.33 bits per heavy atom. The lowest BCUT2D eigenvalue weighted by Gasteiger charge is -2.13. The van der Waals surface area contributed by atoms with Crippen LogP contribution >= 0.6 is 0 Å². The molecule has 6 heteroatoms. The molecule has 1 aromatic rings. The van der Waals surface area contributed by atoms with Gasteiger partial charge >= 0.3 is 5.97 Å². The molecule has 0 aliphatic carbocycles. The molecule has 1 aromatic heterocycles. The standard InChI is InChI=1S/C9H13N3O3/c1-6(13)11-8(3-9(14)15)7-4-10-12(2)5-7/h4-5,8H,3H2,1-2H3,(H,11,13)(H,14,15)/t8-/m1/s1. The number of hydrogen-bond acceptors (Lipinski definition) is 3. The van der Waals surface area contributed by atoms with Crippen molar-refractivity contribution >= 4 is 11.9 Å². The van der Waals surface area contributed by atoms with Crippen LogP contribution in [0, 0.1) is 0 Å². The van der Waals surface area contributed by atoms with Crippen LogP contribution in [0.3, 0.4) is 0 Å². The Labute approximate surface area is 86.9 Å². The van der Waals surface area contributed by atoms with Gasteiger partial charge in [-0.15, -0.1) is 0 Å². The molecular weight excluding hydrogens is 198 g/mol. The third kappa shape index (κ3) is 3.41. The van der Waals surface area contributed by atoms with E-state index in [9.17, 15) is 9.59 Å². The fourth-order valence-corrected chi connectivity index (χ4v) is 1.29. The minimum Gasteiger partial charge on any atom is -0.481 e. The molecule has 6 nitrogen and oxygen atoms in total. The number of carboxylic acid groups (broad SMARTS) is 1. The molecule has 1 rings (SSSR count). The lowest BCUT2D eigenvalue weighted by molar-refractivity contribution is -0.137. The second-order valence-electron chi connectivity index (χ2n) is 3.30. The second kappa shape index (κ2) is 4.59. The van der Waals surface area contributed by atoms with Gasteiger partial charge in [0.25, 0.3) is 0 Å². The van der Waals surface area contributed by atoms with Crippen molar-refractivity contribution in [3.8, 4) is 0 Å². The van der Waals surface area contributed by atoms with Crippen molar-refractivity contribution in [2.75, 3.05) is 0 Å². The van der Waals surface area contributed by atoms with Gasteiger partial charge in [-0.3, -0.25) is 14.3 Å². The Kier molecular flexibility index (Phi) is 3.43. The highest BCUT2D eigenvalue weighted by molar-refractivity contribution is 5.75. The normalized spacial score (nSPS) is 12.1. The van der Waals surface area contributed by atoms with Gasteiger partial charge in [0.05, 0.1) is 18.7 Å². The topological polar surface area (TPSA) is 84.2 Å². The third-order valence-electron chi connectivity index (χ3n) is 1.88. The van der Waals surface area contributed by atoms with Crippen molar-refractivity contribution in [2.24, 2.45) is 7.05 Å². The number of aliphatic carboxylic acids is 1. The number of rotatable bonds is 4. The summed E-state index contributed by atoms with van der Waals surface area (Å²) in [6.07, 6.45) is 3.08. The average molecular weight is 211 g/mol. The van der Waals surface area contributed by atoms with Gasteiger partial charge in [0.2, 0.25) is 5.91 Å². The molecule has 82 valence electrons. The van der Waals surface area contributed by atoms with E-state index >= 15 is 0 Å². The van der Waals surface area contributed by atoms with Crippen LogP contribution in [0.15, 0.2) is 12.4 Å². The molecule has 0 spiro atoms. The van der Waals surface area contributed by atoms with Crippen molar-refractivity contribution < 1.29 is 14.7 Å². The summed E-state index contributed by atoms with van der Waals surface area (Å²) in [4.78, 5) is 21.5. The highest BCUT2D eigenvalue weighted by atomic mass is 16.4. The van der Waals surface area contributed by atoms with E-state index in [4.69, 9.17) is 5.11 Å². The minimum absolute atomic E-state index is 0.148. The Balaban J connectivity index is 2.80. The fraction of sp³-hybridized carbons (Fsp3) is 0.444. The number of aryl methyl sites for hydroxylation is 1. The molecule has 1 atom stereocenters. The molecule has 1 amide bonds. The van der Waals surface area contributed by atoms with Crippen molar-refractivity contribution in [1.82, 2.24) is 15.1 Å². The summed E-state index contributed by atoms with van der Waals surface area (Å²) in [5.41, 5.74) is 0.690. The predicted octanol–water partition coefficient (Wildman–Crippen LogP) is 0.0720. The Hall–Kier alpha value is -1.85. The first-order valence-electron chi connectivity index (χ1n) is 4.46. The average Bonchev–Trinajstić information content (AvgIpc) is 2.48. The highest BCUT2D eigenvalue weighted by Crippen LogP contribution is 2.15. The third-order valence-corrected chi connectivity index (χ3v) is 1.88. The molecular formula is C9H13N3O3. The minimum atomic E-state index is -0.961. The molecule has 0 radical (unpaired) electrons. The van der Waals surface area contributed by atoms with E-state index < -0.39 is 12.0 Å². The van der Waals surface area contributed by atoms with Crippen molar-refractivity contribution in [3.05, 3.63) is 18.0 Å². The molecule has 2 N–H and O–H groups in total. The molecule has 0 saturated carbocycles.